The Labute approximate surface area is 152 Å². The molecular formula is C21H31N3O. The summed E-state index contributed by atoms with van der Waals surface area (Å²) in [5.74, 6) is 1.76. The van der Waals surface area contributed by atoms with Gasteiger partial charge < -0.3 is 15.0 Å². The first kappa shape index (κ1) is 19.3. The summed E-state index contributed by atoms with van der Waals surface area (Å²) in [6, 6.07) is 15.2. The monoisotopic (exact) mass is 341 g/mol. The fraction of sp³-hybridized carbons (Fsp3) is 0.476. The number of benzene rings is 1. The summed E-state index contributed by atoms with van der Waals surface area (Å²) < 4.78 is 5.80. The van der Waals surface area contributed by atoms with Crippen LogP contribution in [0.2, 0.25) is 0 Å². The molecule has 0 radical (unpaired) electrons. The van der Waals surface area contributed by atoms with Crippen LogP contribution in [0.1, 0.15) is 45.2 Å². The first-order chi connectivity index (χ1) is 12.3. The van der Waals surface area contributed by atoms with Crippen molar-refractivity contribution in [3.8, 4) is 5.88 Å². The van der Waals surface area contributed by atoms with Gasteiger partial charge in [-0.2, -0.15) is 4.98 Å². The largest absolute Gasteiger partial charge is 0.476 e. The molecule has 136 valence electrons. The zero-order valence-electron chi connectivity index (χ0n) is 16.0. The van der Waals surface area contributed by atoms with Gasteiger partial charge in [0, 0.05) is 31.2 Å². The van der Waals surface area contributed by atoms with Crippen molar-refractivity contribution in [1.29, 1.82) is 0 Å². The summed E-state index contributed by atoms with van der Waals surface area (Å²) >= 11 is 0. The number of hydrogen-bond acceptors (Lipinski definition) is 4. The van der Waals surface area contributed by atoms with E-state index in [0.717, 1.165) is 43.3 Å². The average Bonchev–Trinajstić information content (AvgIpc) is 2.92. The molecule has 4 nitrogen and oxygen atoms in total. The number of nitrogens with zero attached hydrogens (tertiary/aromatic N) is 2. The molecule has 0 fully saturated rings. The fourth-order valence-electron chi connectivity index (χ4n) is 2.79. The lowest BCUT2D eigenvalue weighted by Crippen LogP contribution is -2.32. The Bertz CT molecular complexity index is 630. The normalized spacial score (nSPS) is 14.2. The lowest BCUT2D eigenvalue weighted by molar-refractivity contribution is 0.314. The van der Waals surface area contributed by atoms with E-state index in [0.29, 0.717) is 12.6 Å². The van der Waals surface area contributed by atoms with Crippen LogP contribution < -0.4 is 15.0 Å². The highest BCUT2D eigenvalue weighted by molar-refractivity contribution is 5.46. The van der Waals surface area contributed by atoms with E-state index >= 15 is 0 Å². The molecule has 0 spiro atoms. The van der Waals surface area contributed by atoms with Gasteiger partial charge in [-0.3, -0.25) is 0 Å². The Hall–Kier alpha value is -2.07. The molecule has 1 atom stereocenters. The molecule has 1 aliphatic rings. The maximum atomic E-state index is 5.80. The minimum atomic E-state index is 0.421. The highest BCUT2D eigenvalue weighted by Gasteiger charge is 2.18. The Morgan fingerprint density at radius 2 is 1.92 bits per heavy atom. The topological polar surface area (TPSA) is 37.4 Å². The van der Waals surface area contributed by atoms with E-state index in [4.69, 9.17) is 9.72 Å². The second-order valence-corrected chi connectivity index (χ2v) is 6.03. The van der Waals surface area contributed by atoms with E-state index in [1.54, 1.807) is 0 Å². The summed E-state index contributed by atoms with van der Waals surface area (Å²) in [6.45, 7) is 11.7. The van der Waals surface area contributed by atoms with E-state index in [1.165, 1.54) is 5.56 Å². The number of pyridine rings is 1. The molecule has 0 aliphatic carbocycles. The zero-order chi connectivity index (χ0) is 18.1. The van der Waals surface area contributed by atoms with Crippen LogP contribution in [0.15, 0.2) is 42.5 Å². The molecule has 0 amide bonds. The predicted octanol–water partition coefficient (Wildman–Crippen LogP) is 4.39. The van der Waals surface area contributed by atoms with Crippen LogP contribution in [0, 0.1) is 0 Å². The van der Waals surface area contributed by atoms with Crippen molar-refractivity contribution in [2.24, 2.45) is 0 Å². The summed E-state index contributed by atoms with van der Waals surface area (Å²) in [5.41, 5.74) is 2.43. The third kappa shape index (κ3) is 5.20. The number of fused-ring (bicyclic) bond motifs is 1. The quantitative estimate of drug-likeness (QED) is 0.875. The Balaban J connectivity index is 0.00000109. The van der Waals surface area contributed by atoms with Crippen molar-refractivity contribution < 1.29 is 4.74 Å². The Morgan fingerprint density at radius 3 is 2.64 bits per heavy atom. The van der Waals surface area contributed by atoms with Crippen molar-refractivity contribution in [3.05, 3.63) is 53.6 Å². The van der Waals surface area contributed by atoms with Gasteiger partial charge in [0.05, 0.1) is 0 Å². The Kier molecular flexibility index (Phi) is 7.74. The van der Waals surface area contributed by atoms with Gasteiger partial charge in [0.2, 0.25) is 5.88 Å². The van der Waals surface area contributed by atoms with Crippen molar-refractivity contribution in [2.75, 3.05) is 18.1 Å². The van der Waals surface area contributed by atoms with E-state index in [1.807, 2.05) is 13.8 Å². The average molecular weight is 341 g/mol. The van der Waals surface area contributed by atoms with Gasteiger partial charge >= 0.3 is 0 Å². The molecule has 3 rings (SSSR count). The van der Waals surface area contributed by atoms with Gasteiger partial charge in [-0.1, -0.05) is 51.1 Å². The second kappa shape index (κ2) is 10.0. The number of nitrogens with one attached hydrogen (secondary N) is 1. The van der Waals surface area contributed by atoms with Crippen molar-refractivity contribution in [3.63, 3.8) is 0 Å². The molecule has 25 heavy (non-hydrogen) atoms. The molecular weight excluding hydrogens is 310 g/mol. The smallest absolute Gasteiger partial charge is 0.219 e. The minimum Gasteiger partial charge on any atom is -0.476 e. The molecule has 2 aromatic rings. The maximum Gasteiger partial charge on any atom is 0.219 e. The molecule has 2 heterocycles. The van der Waals surface area contributed by atoms with E-state index in [9.17, 15) is 0 Å². The van der Waals surface area contributed by atoms with E-state index < -0.39 is 0 Å². The summed E-state index contributed by atoms with van der Waals surface area (Å²) in [4.78, 5) is 7.16. The number of ether oxygens (including phenoxy) is 1. The lowest BCUT2D eigenvalue weighted by atomic mass is 10.1. The van der Waals surface area contributed by atoms with Gasteiger partial charge in [0.15, 0.2) is 0 Å². The van der Waals surface area contributed by atoms with Crippen LogP contribution in [0.4, 0.5) is 5.82 Å². The molecule has 1 aromatic heterocycles. The van der Waals surface area contributed by atoms with E-state index in [-0.39, 0.29) is 0 Å². The van der Waals surface area contributed by atoms with Gasteiger partial charge in [0.1, 0.15) is 12.4 Å². The Morgan fingerprint density at radius 1 is 1.16 bits per heavy atom. The molecule has 1 N–H and O–H groups in total. The zero-order valence-corrected chi connectivity index (χ0v) is 16.0. The molecule has 1 unspecified atom stereocenters. The fourth-order valence-corrected chi connectivity index (χ4v) is 2.79. The van der Waals surface area contributed by atoms with Crippen molar-refractivity contribution in [2.45, 2.75) is 53.2 Å². The predicted molar refractivity (Wildman–Crippen MR) is 105 cm³/mol. The number of hydrogen-bond donors (Lipinski definition) is 1. The van der Waals surface area contributed by atoms with Crippen LogP contribution >= 0.6 is 0 Å². The summed E-state index contributed by atoms with van der Waals surface area (Å²) in [6.07, 6.45) is 1.08. The van der Waals surface area contributed by atoms with Crippen molar-refractivity contribution in [1.82, 2.24) is 10.3 Å². The standard InChI is InChI=1S/C19H25N3O.C2H6/c1-3-15(2)22(14-16-7-5-4-6-8-16)18-10-9-17-13-20-11-12-23-19(17)21-18;1-2/h4-10,15,20H,3,11-14H2,1-2H3;1-2H3. The summed E-state index contributed by atoms with van der Waals surface area (Å²) in [7, 11) is 0. The van der Waals surface area contributed by atoms with Gasteiger partial charge in [-0.05, 0) is 31.0 Å². The first-order valence-electron chi connectivity index (χ1n) is 9.42. The number of anilines is 1. The van der Waals surface area contributed by atoms with Crippen LogP contribution in [-0.2, 0) is 13.1 Å². The minimum absolute atomic E-state index is 0.421. The maximum absolute atomic E-state index is 5.80. The third-order valence-corrected chi connectivity index (χ3v) is 4.37. The summed E-state index contributed by atoms with van der Waals surface area (Å²) in [5, 5.41) is 3.35. The van der Waals surface area contributed by atoms with Crippen LogP contribution in [-0.4, -0.2) is 24.2 Å². The SMILES string of the molecule is CC.CCC(C)N(Cc1ccccc1)c1ccc2c(n1)OCCNC2. The van der Waals surface area contributed by atoms with Crippen LogP contribution in [0.25, 0.3) is 0 Å². The highest BCUT2D eigenvalue weighted by atomic mass is 16.5. The number of rotatable bonds is 5. The highest BCUT2D eigenvalue weighted by Crippen LogP contribution is 2.25. The second-order valence-electron chi connectivity index (χ2n) is 6.03. The van der Waals surface area contributed by atoms with Gasteiger partial charge in [-0.15, -0.1) is 0 Å². The first-order valence-corrected chi connectivity index (χ1v) is 9.42. The van der Waals surface area contributed by atoms with Crippen LogP contribution in [0.3, 0.4) is 0 Å². The molecule has 0 saturated carbocycles. The van der Waals surface area contributed by atoms with Crippen LogP contribution in [0.5, 0.6) is 5.88 Å². The molecule has 0 saturated heterocycles. The van der Waals surface area contributed by atoms with Gasteiger partial charge in [0.25, 0.3) is 0 Å². The van der Waals surface area contributed by atoms with Crippen molar-refractivity contribution >= 4 is 5.82 Å². The lowest BCUT2D eigenvalue weighted by Gasteiger charge is -2.30. The third-order valence-electron chi connectivity index (χ3n) is 4.37. The molecule has 4 heteroatoms. The molecule has 0 bridgehead atoms. The number of aromatic nitrogens is 1. The molecule has 1 aromatic carbocycles. The van der Waals surface area contributed by atoms with E-state index in [2.05, 4.69) is 66.5 Å². The molecule has 1 aliphatic heterocycles. The van der Waals surface area contributed by atoms with Gasteiger partial charge in [-0.25, -0.2) is 0 Å².